The molecule has 0 heterocycles. The van der Waals surface area contributed by atoms with Crippen molar-refractivity contribution < 1.29 is 22.7 Å². The molecule has 0 aromatic rings. The van der Waals surface area contributed by atoms with E-state index >= 15 is 0 Å². The average Bonchev–Trinajstić information content (AvgIpc) is 2.33. The molecule has 21 heavy (non-hydrogen) atoms. The first-order valence-electron chi connectivity index (χ1n) is 7.48. The quantitative estimate of drug-likeness (QED) is 0.414. The maximum Gasteiger partial charge on any atom is 0.389 e. The Morgan fingerprint density at radius 1 is 1.10 bits per heavy atom. The molecular weight excluding hydrogens is 301 g/mol. The first kappa shape index (κ1) is 20.6. The summed E-state index contributed by atoms with van der Waals surface area (Å²) in [6.07, 6.45) is -3.38. The van der Waals surface area contributed by atoms with Crippen molar-refractivity contribution in [2.24, 2.45) is 11.8 Å². The third-order valence-corrected chi connectivity index (χ3v) is 4.42. The molecular formula is C15H27F3O2S. The average molecular weight is 328 g/mol. The van der Waals surface area contributed by atoms with Gasteiger partial charge in [-0.2, -0.15) is 13.2 Å². The molecule has 0 saturated carbocycles. The van der Waals surface area contributed by atoms with Crippen LogP contribution in [0.3, 0.4) is 0 Å². The van der Waals surface area contributed by atoms with Gasteiger partial charge < -0.3 is 4.74 Å². The van der Waals surface area contributed by atoms with Crippen LogP contribution in [-0.4, -0.2) is 29.8 Å². The Morgan fingerprint density at radius 2 is 1.71 bits per heavy atom. The highest BCUT2D eigenvalue weighted by Crippen LogP contribution is 2.25. The molecule has 0 spiro atoms. The van der Waals surface area contributed by atoms with E-state index in [2.05, 4.69) is 0 Å². The molecule has 0 aliphatic heterocycles. The molecule has 0 N–H and O–H groups in total. The second kappa shape index (κ2) is 10.4. The highest BCUT2D eigenvalue weighted by molar-refractivity contribution is 8.00. The molecule has 1 unspecified atom stereocenters. The lowest BCUT2D eigenvalue weighted by Crippen LogP contribution is -2.27. The SMILES string of the molecule is CC(C)COC(=O)C(SCCCCCC(F)(F)F)C(C)C. The highest BCUT2D eigenvalue weighted by atomic mass is 32.2. The molecule has 0 radical (unpaired) electrons. The van der Waals surface area contributed by atoms with E-state index in [0.717, 1.165) is 0 Å². The number of thioether (sulfide) groups is 1. The van der Waals surface area contributed by atoms with Gasteiger partial charge in [-0.15, -0.1) is 11.8 Å². The highest BCUT2D eigenvalue weighted by Gasteiger charge is 2.26. The van der Waals surface area contributed by atoms with Crippen molar-refractivity contribution in [3.63, 3.8) is 0 Å². The summed E-state index contributed by atoms with van der Waals surface area (Å²) in [7, 11) is 0. The second-order valence-electron chi connectivity index (χ2n) is 5.99. The summed E-state index contributed by atoms with van der Waals surface area (Å²) in [5, 5.41) is -0.230. The molecule has 0 aliphatic carbocycles. The summed E-state index contributed by atoms with van der Waals surface area (Å²) in [5.74, 6) is 0.940. The monoisotopic (exact) mass is 328 g/mol. The van der Waals surface area contributed by atoms with Crippen molar-refractivity contribution in [2.75, 3.05) is 12.4 Å². The summed E-state index contributed by atoms with van der Waals surface area (Å²) in [4.78, 5) is 11.9. The lowest BCUT2D eigenvalue weighted by molar-refractivity contribution is -0.144. The van der Waals surface area contributed by atoms with Crippen molar-refractivity contribution in [3.8, 4) is 0 Å². The number of hydrogen-bond donors (Lipinski definition) is 0. The van der Waals surface area contributed by atoms with E-state index in [-0.39, 0.29) is 23.6 Å². The van der Waals surface area contributed by atoms with Crippen LogP contribution < -0.4 is 0 Å². The van der Waals surface area contributed by atoms with Crippen LogP contribution >= 0.6 is 11.8 Å². The topological polar surface area (TPSA) is 26.3 Å². The van der Waals surface area contributed by atoms with E-state index in [4.69, 9.17) is 4.74 Å². The maximum atomic E-state index is 12.0. The Hall–Kier alpha value is -0.390. The van der Waals surface area contributed by atoms with Crippen LogP contribution in [0.2, 0.25) is 0 Å². The third-order valence-electron chi connectivity index (χ3n) is 2.80. The molecule has 0 saturated heterocycles. The van der Waals surface area contributed by atoms with Crippen LogP contribution in [0.4, 0.5) is 13.2 Å². The smallest absolute Gasteiger partial charge is 0.389 e. The minimum Gasteiger partial charge on any atom is -0.465 e. The van der Waals surface area contributed by atoms with Crippen molar-refractivity contribution in [2.45, 2.75) is 64.8 Å². The number of esters is 1. The van der Waals surface area contributed by atoms with Crippen molar-refractivity contribution in [3.05, 3.63) is 0 Å². The van der Waals surface area contributed by atoms with Crippen LogP contribution in [0.1, 0.15) is 53.4 Å². The molecule has 2 nitrogen and oxygen atoms in total. The van der Waals surface area contributed by atoms with Gasteiger partial charge in [-0.1, -0.05) is 34.1 Å². The van der Waals surface area contributed by atoms with Crippen molar-refractivity contribution in [1.29, 1.82) is 0 Å². The number of carbonyl (C=O) groups excluding carboxylic acids is 1. The fourth-order valence-electron chi connectivity index (χ4n) is 1.68. The molecule has 0 aromatic heterocycles. The van der Waals surface area contributed by atoms with E-state index in [1.165, 1.54) is 11.8 Å². The molecule has 126 valence electrons. The second-order valence-corrected chi connectivity index (χ2v) is 7.23. The van der Waals surface area contributed by atoms with Crippen LogP contribution in [-0.2, 0) is 9.53 Å². The molecule has 6 heteroatoms. The normalized spacial score (nSPS) is 13.8. The molecule has 0 aromatic carbocycles. The van der Waals surface area contributed by atoms with Gasteiger partial charge in [0.15, 0.2) is 0 Å². The van der Waals surface area contributed by atoms with Crippen LogP contribution in [0, 0.1) is 11.8 Å². The van der Waals surface area contributed by atoms with E-state index in [1.54, 1.807) is 0 Å². The number of unbranched alkanes of at least 4 members (excludes halogenated alkanes) is 2. The minimum atomic E-state index is -4.06. The van der Waals surface area contributed by atoms with Crippen molar-refractivity contribution in [1.82, 2.24) is 0 Å². The molecule has 0 aliphatic rings. The molecule has 0 rings (SSSR count). The Labute approximate surface area is 130 Å². The maximum absolute atomic E-state index is 12.0. The van der Waals surface area contributed by atoms with Gasteiger partial charge in [0.2, 0.25) is 0 Å². The van der Waals surface area contributed by atoms with Gasteiger partial charge in [0.1, 0.15) is 5.25 Å². The van der Waals surface area contributed by atoms with Crippen LogP contribution in [0.5, 0.6) is 0 Å². The molecule has 0 bridgehead atoms. The number of rotatable bonds is 10. The van der Waals surface area contributed by atoms with Gasteiger partial charge in [0.05, 0.1) is 6.61 Å². The van der Waals surface area contributed by atoms with Crippen LogP contribution in [0.15, 0.2) is 0 Å². The Balaban J connectivity index is 3.92. The minimum absolute atomic E-state index is 0.157. The number of halogens is 3. The van der Waals surface area contributed by atoms with E-state index in [1.807, 2.05) is 27.7 Å². The van der Waals surface area contributed by atoms with Gasteiger partial charge in [0, 0.05) is 6.42 Å². The largest absolute Gasteiger partial charge is 0.465 e. The van der Waals surface area contributed by atoms with Gasteiger partial charge in [0.25, 0.3) is 0 Å². The predicted molar refractivity (Wildman–Crippen MR) is 81.4 cm³/mol. The van der Waals surface area contributed by atoms with Gasteiger partial charge in [-0.05, 0) is 30.4 Å². The molecule has 0 fully saturated rings. The van der Waals surface area contributed by atoms with E-state index in [9.17, 15) is 18.0 Å². The van der Waals surface area contributed by atoms with Crippen molar-refractivity contribution >= 4 is 17.7 Å². The summed E-state index contributed by atoms with van der Waals surface area (Å²) in [6, 6.07) is 0. The first-order chi connectivity index (χ1) is 9.63. The zero-order valence-corrected chi connectivity index (χ0v) is 14.1. The van der Waals surface area contributed by atoms with Gasteiger partial charge in [-0.25, -0.2) is 0 Å². The zero-order valence-electron chi connectivity index (χ0n) is 13.3. The Bertz CT molecular complexity index is 291. The van der Waals surface area contributed by atoms with Crippen LogP contribution in [0.25, 0.3) is 0 Å². The standard InChI is InChI=1S/C15H27F3O2S/c1-11(2)10-20-14(19)13(12(3)4)21-9-7-5-6-8-15(16,17)18/h11-13H,5-10H2,1-4H3. The summed E-state index contributed by atoms with van der Waals surface area (Å²) in [6.45, 7) is 8.28. The number of ether oxygens (including phenoxy) is 1. The van der Waals surface area contributed by atoms with E-state index < -0.39 is 12.6 Å². The summed E-state index contributed by atoms with van der Waals surface area (Å²) >= 11 is 1.49. The van der Waals surface area contributed by atoms with Gasteiger partial charge in [-0.3, -0.25) is 4.79 Å². The lowest BCUT2D eigenvalue weighted by atomic mass is 10.1. The number of alkyl halides is 3. The summed E-state index contributed by atoms with van der Waals surface area (Å²) in [5.41, 5.74) is 0. The predicted octanol–water partition coefficient (Wildman–Crippen LogP) is 5.07. The van der Waals surface area contributed by atoms with Gasteiger partial charge >= 0.3 is 12.1 Å². The van der Waals surface area contributed by atoms with E-state index in [0.29, 0.717) is 31.1 Å². The number of hydrogen-bond acceptors (Lipinski definition) is 3. The zero-order chi connectivity index (χ0) is 16.5. The lowest BCUT2D eigenvalue weighted by Gasteiger charge is -2.19. The first-order valence-corrected chi connectivity index (χ1v) is 8.53. The number of carbonyl (C=O) groups is 1. The Morgan fingerprint density at radius 3 is 2.19 bits per heavy atom. The third kappa shape index (κ3) is 11.9. The fourth-order valence-corrected chi connectivity index (χ4v) is 2.89. The summed E-state index contributed by atoms with van der Waals surface area (Å²) < 4.78 is 41.2. The fraction of sp³-hybridized carbons (Fsp3) is 0.933. The molecule has 1 atom stereocenters. The Kier molecular flexibility index (Phi) is 10.2. The molecule has 0 amide bonds.